The number of anilines is 1. The van der Waals surface area contributed by atoms with Crippen LogP contribution in [0.3, 0.4) is 0 Å². The summed E-state index contributed by atoms with van der Waals surface area (Å²) in [4.78, 5) is 31.5. The molecule has 0 aromatic heterocycles. The highest BCUT2D eigenvalue weighted by Crippen LogP contribution is 2.32. The highest BCUT2D eigenvalue weighted by Gasteiger charge is 2.38. The number of amides is 2. The van der Waals surface area contributed by atoms with Gasteiger partial charge in [0.15, 0.2) is 5.17 Å². The van der Waals surface area contributed by atoms with Gasteiger partial charge in [-0.05, 0) is 36.8 Å². The Morgan fingerprint density at radius 3 is 2.83 bits per heavy atom. The number of methoxy groups -OCH3 is 1. The number of hydrogen-bond acceptors (Lipinski definition) is 5. The molecule has 0 saturated carbocycles. The second-order valence-corrected chi connectivity index (χ2v) is 7.73. The maximum atomic E-state index is 12.8. The summed E-state index contributed by atoms with van der Waals surface area (Å²) in [5.41, 5.74) is 2.45. The van der Waals surface area contributed by atoms with E-state index in [1.165, 1.54) is 11.8 Å². The van der Waals surface area contributed by atoms with Crippen LogP contribution in [0, 0.1) is 6.92 Å². The maximum absolute atomic E-state index is 12.8. The lowest BCUT2D eigenvalue weighted by molar-refractivity contribution is -0.127. The van der Waals surface area contributed by atoms with E-state index in [9.17, 15) is 9.59 Å². The first kappa shape index (κ1) is 20.7. The molecule has 0 spiro atoms. The van der Waals surface area contributed by atoms with Crippen molar-refractivity contribution < 1.29 is 14.3 Å². The molecule has 1 saturated heterocycles. The quantitative estimate of drug-likeness (QED) is 0.698. The van der Waals surface area contributed by atoms with Crippen molar-refractivity contribution in [1.82, 2.24) is 4.90 Å². The van der Waals surface area contributed by atoms with E-state index in [2.05, 4.69) is 16.9 Å². The van der Waals surface area contributed by atoms with Gasteiger partial charge in [0.25, 0.3) is 0 Å². The average Bonchev–Trinajstić information content (AvgIpc) is 2.97. The molecule has 150 valence electrons. The first-order valence-electron chi connectivity index (χ1n) is 9.18. The van der Waals surface area contributed by atoms with E-state index in [-0.39, 0.29) is 18.2 Å². The van der Waals surface area contributed by atoms with Crippen molar-refractivity contribution in [3.8, 4) is 5.75 Å². The van der Waals surface area contributed by atoms with Gasteiger partial charge in [0, 0.05) is 24.7 Å². The molecule has 2 amide bonds. The summed E-state index contributed by atoms with van der Waals surface area (Å²) in [6, 6.07) is 14.9. The number of nitrogens with zero attached hydrogens (tertiary/aromatic N) is 2. The minimum Gasteiger partial charge on any atom is -0.497 e. The van der Waals surface area contributed by atoms with Crippen LogP contribution in [-0.4, -0.2) is 40.8 Å². The van der Waals surface area contributed by atoms with Gasteiger partial charge in [0.2, 0.25) is 11.8 Å². The van der Waals surface area contributed by atoms with Crippen LogP contribution in [0.15, 0.2) is 66.2 Å². The Bertz CT molecular complexity index is 958. The molecule has 1 aliphatic rings. The second-order valence-electron chi connectivity index (χ2n) is 6.56. The summed E-state index contributed by atoms with van der Waals surface area (Å²) in [6.07, 6.45) is 1.72. The predicted molar refractivity (Wildman–Crippen MR) is 118 cm³/mol. The van der Waals surface area contributed by atoms with Crippen molar-refractivity contribution in [3.05, 3.63) is 66.7 Å². The third kappa shape index (κ3) is 5.26. The number of thioether (sulfide) groups is 1. The van der Waals surface area contributed by atoms with Crippen molar-refractivity contribution in [2.45, 2.75) is 18.6 Å². The van der Waals surface area contributed by atoms with E-state index in [0.29, 0.717) is 23.1 Å². The van der Waals surface area contributed by atoms with Gasteiger partial charge >= 0.3 is 0 Å². The van der Waals surface area contributed by atoms with Crippen LogP contribution in [0.4, 0.5) is 11.4 Å². The molecule has 1 fully saturated rings. The van der Waals surface area contributed by atoms with Crippen LogP contribution < -0.4 is 10.1 Å². The molecule has 0 unspecified atom stereocenters. The van der Waals surface area contributed by atoms with Gasteiger partial charge in [0.05, 0.1) is 12.8 Å². The van der Waals surface area contributed by atoms with Gasteiger partial charge < -0.3 is 10.1 Å². The van der Waals surface area contributed by atoms with Gasteiger partial charge in [-0.15, -0.1) is 6.58 Å². The Balaban J connectivity index is 1.75. The first-order chi connectivity index (χ1) is 14.0. The monoisotopic (exact) mass is 409 g/mol. The van der Waals surface area contributed by atoms with Crippen molar-refractivity contribution in [1.29, 1.82) is 0 Å². The molecule has 2 aromatic rings. The predicted octanol–water partition coefficient (Wildman–Crippen LogP) is 4.15. The molecule has 1 atom stereocenters. The minimum atomic E-state index is -0.524. The van der Waals surface area contributed by atoms with Crippen LogP contribution in [0.25, 0.3) is 0 Å². The molecule has 1 heterocycles. The number of aryl methyl sites for hydroxylation is 1. The average molecular weight is 410 g/mol. The van der Waals surface area contributed by atoms with Crippen molar-refractivity contribution in [2.75, 3.05) is 19.0 Å². The Morgan fingerprint density at radius 2 is 2.10 bits per heavy atom. The lowest BCUT2D eigenvalue weighted by atomic mass is 10.2. The van der Waals surface area contributed by atoms with Gasteiger partial charge in [-0.1, -0.05) is 36.0 Å². The number of amidine groups is 1. The molecule has 0 aliphatic carbocycles. The fourth-order valence-corrected chi connectivity index (χ4v) is 4.08. The molecule has 2 aromatic carbocycles. The maximum Gasteiger partial charge on any atom is 0.242 e. The standard InChI is InChI=1S/C22H23N3O3S/c1-4-11-25-21(27)19(14-20(26)23-16-8-5-7-15(2)12-16)29-22(25)24-17-9-6-10-18(13-17)28-3/h4-10,12-13,19H,1,11,14H2,2-3H3,(H,23,26)/t19-/m1/s1. The van der Waals surface area contributed by atoms with Gasteiger partial charge in [0.1, 0.15) is 11.0 Å². The van der Waals surface area contributed by atoms with Crippen LogP contribution in [0.2, 0.25) is 0 Å². The summed E-state index contributed by atoms with van der Waals surface area (Å²) in [5.74, 6) is 0.337. The molecule has 3 rings (SSSR count). The lowest BCUT2D eigenvalue weighted by Gasteiger charge is -2.14. The number of aliphatic imine (C=N–C) groups is 1. The highest BCUT2D eigenvalue weighted by atomic mass is 32.2. The highest BCUT2D eigenvalue weighted by molar-refractivity contribution is 8.15. The number of benzene rings is 2. The second kappa shape index (κ2) is 9.43. The van der Waals surface area contributed by atoms with Gasteiger partial charge in [-0.3, -0.25) is 14.5 Å². The number of nitrogens with one attached hydrogen (secondary N) is 1. The molecule has 0 bridgehead atoms. The fraction of sp³-hybridized carbons (Fsp3) is 0.227. The van der Waals surface area contributed by atoms with E-state index in [1.54, 1.807) is 24.2 Å². The van der Waals surface area contributed by atoms with E-state index >= 15 is 0 Å². The molecular formula is C22H23N3O3S. The summed E-state index contributed by atoms with van der Waals surface area (Å²) < 4.78 is 5.23. The van der Waals surface area contributed by atoms with E-state index in [0.717, 1.165) is 11.3 Å². The number of ether oxygens (including phenoxy) is 1. The fourth-order valence-electron chi connectivity index (χ4n) is 2.92. The van der Waals surface area contributed by atoms with Gasteiger partial charge in [-0.2, -0.15) is 0 Å². The topological polar surface area (TPSA) is 71.0 Å². The summed E-state index contributed by atoms with van der Waals surface area (Å²) in [7, 11) is 1.59. The van der Waals surface area contributed by atoms with E-state index < -0.39 is 5.25 Å². The van der Waals surface area contributed by atoms with E-state index in [4.69, 9.17) is 4.74 Å². The molecule has 1 N–H and O–H groups in total. The van der Waals surface area contributed by atoms with Crippen molar-refractivity contribution in [2.24, 2.45) is 4.99 Å². The SMILES string of the molecule is C=CCN1C(=O)[C@@H](CC(=O)Nc2cccc(C)c2)SC1=Nc1cccc(OC)c1. The first-order valence-corrected chi connectivity index (χ1v) is 10.1. The Morgan fingerprint density at radius 1 is 1.31 bits per heavy atom. The Hall–Kier alpha value is -3.06. The number of carbonyl (C=O) groups excluding carboxylic acids is 2. The molecule has 29 heavy (non-hydrogen) atoms. The normalized spacial score (nSPS) is 17.4. The Labute approximate surface area is 174 Å². The third-order valence-electron chi connectivity index (χ3n) is 4.28. The zero-order valence-electron chi connectivity index (χ0n) is 16.4. The van der Waals surface area contributed by atoms with Gasteiger partial charge in [-0.25, -0.2) is 4.99 Å². The molecule has 0 radical (unpaired) electrons. The molecule has 1 aliphatic heterocycles. The van der Waals surface area contributed by atoms with Crippen molar-refractivity contribution in [3.63, 3.8) is 0 Å². The van der Waals surface area contributed by atoms with Crippen LogP contribution >= 0.6 is 11.8 Å². The van der Waals surface area contributed by atoms with Crippen molar-refractivity contribution >= 4 is 40.1 Å². The smallest absolute Gasteiger partial charge is 0.242 e. The minimum absolute atomic E-state index is 0.0716. The number of hydrogen-bond donors (Lipinski definition) is 1. The largest absolute Gasteiger partial charge is 0.497 e. The zero-order chi connectivity index (χ0) is 20.8. The third-order valence-corrected chi connectivity index (χ3v) is 5.46. The molecule has 7 heteroatoms. The lowest BCUT2D eigenvalue weighted by Crippen LogP contribution is -2.33. The zero-order valence-corrected chi connectivity index (χ0v) is 17.2. The summed E-state index contributed by atoms with van der Waals surface area (Å²) >= 11 is 1.29. The van der Waals surface area contributed by atoms with Crippen LogP contribution in [-0.2, 0) is 9.59 Å². The summed E-state index contributed by atoms with van der Waals surface area (Å²) in [5, 5.41) is 2.89. The summed E-state index contributed by atoms with van der Waals surface area (Å²) in [6.45, 7) is 6.02. The van der Waals surface area contributed by atoms with Crippen LogP contribution in [0.1, 0.15) is 12.0 Å². The molecule has 6 nitrogen and oxygen atoms in total. The molecular weight excluding hydrogens is 386 g/mol. The van der Waals surface area contributed by atoms with Crippen LogP contribution in [0.5, 0.6) is 5.75 Å². The van der Waals surface area contributed by atoms with E-state index in [1.807, 2.05) is 49.4 Å². The number of rotatable bonds is 7. The Kier molecular flexibility index (Phi) is 6.72. The number of carbonyl (C=O) groups is 2.